The third-order valence-electron chi connectivity index (χ3n) is 5.83. The number of rotatable bonds is 9. The Labute approximate surface area is 190 Å². The van der Waals surface area contributed by atoms with E-state index in [2.05, 4.69) is 5.09 Å². The molecule has 3 rings (SSSR count). The second-order valence-corrected chi connectivity index (χ2v) is 10.3. The van der Waals surface area contributed by atoms with Gasteiger partial charge in [0.25, 0.3) is 0 Å². The van der Waals surface area contributed by atoms with E-state index in [9.17, 15) is 9.36 Å². The van der Waals surface area contributed by atoms with Crippen LogP contribution in [0.1, 0.15) is 26.3 Å². The van der Waals surface area contributed by atoms with E-state index in [1.807, 2.05) is 91.9 Å². The number of ether oxygens (including phenoxy) is 2. The van der Waals surface area contributed by atoms with Crippen molar-refractivity contribution in [2.24, 2.45) is 5.92 Å². The second-order valence-electron chi connectivity index (χ2n) is 7.80. The lowest BCUT2D eigenvalue weighted by Crippen LogP contribution is -2.49. The molecule has 0 unspecified atom stereocenters. The molecule has 32 heavy (non-hydrogen) atoms. The second kappa shape index (κ2) is 10.2. The quantitative estimate of drug-likeness (QED) is 0.380. The van der Waals surface area contributed by atoms with Crippen molar-refractivity contribution >= 4 is 23.9 Å². The minimum absolute atomic E-state index is 0.275. The van der Waals surface area contributed by atoms with E-state index < -0.39 is 18.7 Å². The molecule has 0 bridgehead atoms. The van der Waals surface area contributed by atoms with Crippen LogP contribution in [-0.4, -0.2) is 19.7 Å². The maximum atomic E-state index is 14.7. The van der Waals surface area contributed by atoms with E-state index in [4.69, 9.17) is 9.47 Å². The highest BCUT2D eigenvalue weighted by atomic mass is 31.2. The fourth-order valence-electron chi connectivity index (χ4n) is 3.73. The maximum absolute atomic E-state index is 14.7. The van der Waals surface area contributed by atoms with Crippen LogP contribution in [0.3, 0.4) is 0 Å². The van der Waals surface area contributed by atoms with Gasteiger partial charge in [0, 0.05) is 10.6 Å². The zero-order valence-electron chi connectivity index (χ0n) is 18.9. The van der Waals surface area contributed by atoms with Crippen molar-refractivity contribution in [3.8, 4) is 5.75 Å². The smallest absolute Gasteiger partial charge is 0.310 e. The molecule has 0 saturated heterocycles. The monoisotopic (exact) mass is 451 g/mol. The van der Waals surface area contributed by atoms with Crippen LogP contribution in [0.25, 0.3) is 0 Å². The van der Waals surface area contributed by atoms with Gasteiger partial charge in [-0.3, -0.25) is 9.36 Å². The number of carbonyl (C=O) groups excluding carboxylic acids is 1. The fraction of sp³-hybridized carbons (Fsp3) is 0.269. The van der Waals surface area contributed by atoms with E-state index in [0.29, 0.717) is 16.4 Å². The lowest BCUT2D eigenvalue weighted by molar-refractivity contribution is -0.150. The Morgan fingerprint density at radius 2 is 1.44 bits per heavy atom. The predicted molar refractivity (Wildman–Crippen MR) is 129 cm³/mol. The first-order valence-electron chi connectivity index (χ1n) is 10.7. The van der Waals surface area contributed by atoms with Crippen molar-refractivity contribution in [3.05, 3.63) is 90.5 Å². The molecule has 0 amide bonds. The van der Waals surface area contributed by atoms with Crippen molar-refractivity contribution in [2.45, 2.75) is 26.3 Å². The van der Waals surface area contributed by atoms with E-state index in [1.54, 1.807) is 21.0 Å². The number of esters is 1. The normalized spacial score (nSPS) is 14.2. The third kappa shape index (κ3) is 4.79. The lowest BCUT2D eigenvalue weighted by Gasteiger charge is -2.39. The fourth-order valence-corrected chi connectivity index (χ4v) is 6.45. The zero-order valence-corrected chi connectivity index (χ0v) is 19.8. The number of hydrogen-bond donors (Lipinski definition) is 1. The van der Waals surface area contributed by atoms with Gasteiger partial charge in [-0.05, 0) is 62.7 Å². The summed E-state index contributed by atoms with van der Waals surface area (Å²) in [6, 6.07) is 26.1. The first-order valence-corrected chi connectivity index (χ1v) is 12.4. The molecule has 5 nitrogen and oxygen atoms in total. The molecule has 0 saturated carbocycles. The summed E-state index contributed by atoms with van der Waals surface area (Å²) in [5.41, 5.74) is -0.175. The number of nitrogens with one attached hydrogen (secondary N) is 1. The van der Waals surface area contributed by atoms with E-state index in [0.717, 1.165) is 5.56 Å². The molecule has 0 fully saturated rings. The highest BCUT2D eigenvalue weighted by Gasteiger charge is 2.44. The molecule has 3 aromatic rings. The first kappa shape index (κ1) is 23.8. The minimum Gasteiger partial charge on any atom is -0.497 e. The summed E-state index contributed by atoms with van der Waals surface area (Å²) >= 11 is 0. The van der Waals surface area contributed by atoms with Gasteiger partial charge in [-0.15, -0.1) is 0 Å². The summed E-state index contributed by atoms with van der Waals surface area (Å²) < 4.78 is 25.4. The van der Waals surface area contributed by atoms with Gasteiger partial charge in [0.1, 0.15) is 5.75 Å². The Morgan fingerprint density at radius 3 is 1.88 bits per heavy atom. The molecule has 2 atom stereocenters. The van der Waals surface area contributed by atoms with Crippen LogP contribution in [0.4, 0.5) is 0 Å². The summed E-state index contributed by atoms with van der Waals surface area (Å²) in [6.45, 7) is 5.75. The largest absolute Gasteiger partial charge is 0.497 e. The molecule has 0 heterocycles. The summed E-state index contributed by atoms with van der Waals surface area (Å²) in [7, 11) is -1.73. The molecule has 1 N–H and O–H groups in total. The number of methoxy groups -OCH3 is 1. The van der Waals surface area contributed by atoms with Gasteiger partial charge in [-0.25, -0.2) is 5.09 Å². The summed E-state index contributed by atoms with van der Waals surface area (Å²) in [5.74, 6) is -0.267. The standard InChI is InChI=1S/C26H30NO4P/c1-5-31-25(28)20(2)26(3,21-16-18-22(30-4)19-17-21)27-32(29,23-12-8-6-9-13-23)24-14-10-7-11-15-24/h6-20H,5H2,1-4H3,(H,27,29)/t20-,26+/m1/s1. The molecule has 168 valence electrons. The Bertz CT molecular complexity index is 1030. The van der Waals surface area contributed by atoms with Crippen LogP contribution in [0.15, 0.2) is 84.9 Å². The highest BCUT2D eigenvalue weighted by Crippen LogP contribution is 2.46. The molecule has 6 heteroatoms. The average Bonchev–Trinajstić information content (AvgIpc) is 2.84. The Kier molecular flexibility index (Phi) is 7.55. The minimum atomic E-state index is -3.33. The molecule has 0 spiro atoms. The summed E-state index contributed by atoms with van der Waals surface area (Å²) in [5, 5.41) is 4.78. The molecule has 3 aromatic carbocycles. The highest BCUT2D eigenvalue weighted by molar-refractivity contribution is 7.77. The van der Waals surface area contributed by atoms with Gasteiger partial charge in [-0.1, -0.05) is 48.5 Å². The average molecular weight is 452 g/mol. The van der Waals surface area contributed by atoms with Gasteiger partial charge in [0.05, 0.1) is 25.2 Å². The molecular weight excluding hydrogens is 421 g/mol. The molecule has 0 aliphatic rings. The van der Waals surface area contributed by atoms with E-state index in [1.165, 1.54) is 0 Å². The van der Waals surface area contributed by atoms with Crippen molar-refractivity contribution in [1.29, 1.82) is 0 Å². The Hall–Kier alpha value is -2.88. The molecule has 0 aliphatic carbocycles. The van der Waals surface area contributed by atoms with Crippen LogP contribution in [0.5, 0.6) is 5.75 Å². The molecule has 0 aliphatic heterocycles. The van der Waals surface area contributed by atoms with Crippen molar-refractivity contribution in [2.75, 3.05) is 13.7 Å². The maximum Gasteiger partial charge on any atom is 0.310 e. The molecule has 0 radical (unpaired) electrons. The van der Waals surface area contributed by atoms with Crippen LogP contribution < -0.4 is 20.4 Å². The van der Waals surface area contributed by atoms with Gasteiger partial charge < -0.3 is 9.47 Å². The van der Waals surface area contributed by atoms with Gasteiger partial charge >= 0.3 is 5.97 Å². The summed E-state index contributed by atoms with van der Waals surface area (Å²) in [6.07, 6.45) is 0. The lowest BCUT2D eigenvalue weighted by atomic mass is 9.81. The van der Waals surface area contributed by atoms with Crippen molar-refractivity contribution in [3.63, 3.8) is 0 Å². The van der Waals surface area contributed by atoms with Gasteiger partial charge in [-0.2, -0.15) is 0 Å². The molecular formula is C26H30NO4P. The first-order chi connectivity index (χ1) is 15.3. The predicted octanol–water partition coefficient (Wildman–Crippen LogP) is 4.63. The van der Waals surface area contributed by atoms with Crippen LogP contribution in [0, 0.1) is 5.92 Å². The number of benzene rings is 3. The van der Waals surface area contributed by atoms with Gasteiger partial charge in [0.2, 0.25) is 7.29 Å². The molecule has 0 aromatic heterocycles. The number of hydrogen-bond acceptors (Lipinski definition) is 4. The van der Waals surface area contributed by atoms with Crippen LogP contribution in [0.2, 0.25) is 0 Å². The van der Waals surface area contributed by atoms with Crippen LogP contribution >= 0.6 is 7.29 Å². The SMILES string of the molecule is CCOC(=O)[C@@H](C)[C@](C)(NP(=O)(c1ccccc1)c1ccccc1)c1ccc(OC)cc1. The topological polar surface area (TPSA) is 64.6 Å². The third-order valence-corrected chi connectivity index (χ3v) is 8.66. The van der Waals surface area contributed by atoms with Crippen molar-refractivity contribution < 1.29 is 18.8 Å². The Balaban J connectivity index is 2.18. The summed E-state index contributed by atoms with van der Waals surface area (Å²) in [4.78, 5) is 12.9. The zero-order chi connectivity index (χ0) is 23.2. The van der Waals surface area contributed by atoms with Crippen LogP contribution in [-0.2, 0) is 19.6 Å². The van der Waals surface area contributed by atoms with Gasteiger partial charge in [0.15, 0.2) is 0 Å². The van der Waals surface area contributed by atoms with Crippen molar-refractivity contribution in [1.82, 2.24) is 5.09 Å². The van der Waals surface area contributed by atoms with E-state index in [-0.39, 0.29) is 12.6 Å². The van der Waals surface area contributed by atoms with E-state index >= 15 is 0 Å². The number of carbonyl (C=O) groups is 1. The Morgan fingerprint density at radius 1 is 0.938 bits per heavy atom.